The second-order valence-corrected chi connectivity index (χ2v) is 6.82. The third-order valence-corrected chi connectivity index (χ3v) is 4.66. The summed E-state index contributed by atoms with van der Waals surface area (Å²) in [5.41, 5.74) is 3.06. The van der Waals surface area contributed by atoms with E-state index in [0.29, 0.717) is 5.82 Å². The van der Waals surface area contributed by atoms with E-state index in [1.54, 1.807) is 6.20 Å². The molecular formula is C20H26N4O. The van der Waals surface area contributed by atoms with Crippen LogP contribution in [-0.4, -0.2) is 25.0 Å². The summed E-state index contributed by atoms with van der Waals surface area (Å²) in [6.07, 6.45) is 7.29. The Hall–Kier alpha value is -2.56. The predicted octanol–water partition coefficient (Wildman–Crippen LogP) is 4.41. The van der Waals surface area contributed by atoms with Crippen LogP contribution in [0.2, 0.25) is 0 Å². The van der Waals surface area contributed by atoms with Crippen LogP contribution in [0.3, 0.4) is 0 Å². The van der Waals surface area contributed by atoms with Gasteiger partial charge < -0.3 is 15.5 Å². The minimum atomic E-state index is 0.104. The molecule has 1 fully saturated rings. The molecule has 0 radical (unpaired) electrons. The van der Waals surface area contributed by atoms with E-state index in [0.717, 1.165) is 42.7 Å². The molecule has 1 aromatic carbocycles. The van der Waals surface area contributed by atoms with Crippen LogP contribution in [0.25, 0.3) is 0 Å². The van der Waals surface area contributed by atoms with Gasteiger partial charge in [0.2, 0.25) is 5.91 Å². The fraction of sp³-hybridized carbons (Fsp3) is 0.400. The largest absolute Gasteiger partial charge is 0.378 e. The second kappa shape index (κ2) is 8.01. The molecule has 0 bridgehead atoms. The number of benzene rings is 1. The highest BCUT2D eigenvalue weighted by Gasteiger charge is 2.21. The average molecular weight is 338 g/mol. The molecule has 2 aromatic rings. The molecule has 1 saturated carbocycles. The molecule has 1 heterocycles. The molecule has 25 heavy (non-hydrogen) atoms. The van der Waals surface area contributed by atoms with Crippen LogP contribution in [0.1, 0.15) is 32.1 Å². The van der Waals surface area contributed by atoms with Crippen molar-refractivity contribution >= 4 is 28.8 Å². The van der Waals surface area contributed by atoms with Crippen LogP contribution in [0.5, 0.6) is 0 Å². The first-order chi connectivity index (χ1) is 12.1. The maximum Gasteiger partial charge on any atom is 0.228 e. The Morgan fingerprint density at radius 1 is 1.00 bits per heavy atom. The molecule has 0 aliphatic heterocycles. The van der Waals surface area contributed by atoms with E-state index in [9.17, 15) is 4.79 Å². The Balaban J connectivity index is 1.57. The second-order valence-electron chi connectivity index (χ2n) is 6.82. The van der Waals surface area contributed by atoms with E-state index in [-0.39, 0.29) is 11.8 Å². The van der Waals surface area contributed by atoms with E-state index in [2.05, 4.69) is 32.7 Å². The van der Waals surface area contributed by atoms with E-state index in [4.69, 9.17) is 0 Å². The minimum absolute atomic E-state index is 0.104. The lowest BCUT2D eigenvalue weighted by Gasteiger charge is -2.20. The van der Waals surface area contributed by atoms with Crippen LogP contribution >= 0.6 is 0 Å². The number of rotatable bonds is 5. The topological polar surface area (TPSA) is 57.3 Å². The number of anilines is 4. The molecule has 0 unspecified atom stereocenters. The normalized spacial score (nSPS) is 14.8. The maximum atomic E-state index is 12.3. The van der Waals surface area contributed by atoms with Gasteiger partial charge in [0.15, 0.2) is 0 Å². The van der Waals surface area contributed by atoms with Crippen molar-refractivity contribution in [2.24, 2.45) is 5.92 Å². The molecule has 1 aromatic heterocycles. The number of hydrogen-bond donors (Lipinski definition) is 2. The van der Waals surface area contributed by atoms with Gasteiger partial charge in [-0.05, 0) is 49.2 Å². The number of carbonyl (C=O) groups excluding carboxylic acids is 1. The molecule has 132 valence electrons. The Bertz CT molecular complexity index is 689. The molecule has 2 N–H and O–H groups in total. The van der Waals surface area contributed by atoms with Crippen molar-refractivity contribution in [1.82, 2.24) is 4.98 Å². The maximum absolute atomic E-state index is 12.3. The highest BCUT2D eigenvalue weighted by molar-refractivity contribution is 5.91. The van der Waals surface area contributed by atoms with E-state index < -0.39 is 0 Å². The Kier molecular flexibility index (Phi) is 5.53. The summed E-state index contributed by atoms with van der Waals surface area (Å²) in [4.78, 5) is 18.7. The summed E-state index contributed by atoms with van der Waals surface area (Å²) in [5.74, 6) is 0.861. The van der Waals surface area contributed by atoms with Gasteiger partial charge in [0.1, 0.15) is 5.82 Å². The van der Waals surface area contributed by atoms with Crippen LogP contribution < -0.4 is 15.5 Å². The molecule has 3 rings (SSSR count). The first-order valence-electron chi connectivity index (χ1n) is 8.93. The van der Waals surface area contributed by atoms with Crippen molar-refractivity contribution < 1.29 is 4.79 Å². The number of carbonyl (C=O) groups is 1. The van der Waals surface area contributed by atoms with Crippen molar-refractivity contribution in [1.29, 1.82) is 0 Å². The zero-order valence-electron chi connectivity index (χ0n) is 15.0. The van der Waals surface area contributed by atoms with Crippen LogP contribution in [-0.2, 0) is 4.79 Å². The number of nitrogens with one attached hydrogen (secondary N) is 2. The molecule has 5 nitrogen and oxygen atoms in total. The Morgan fingerprint density at radius 2 is 1.68 bits per heavy atom. The lowest BCUT2D eigenvalue weighted by atomic mass is 9.89. The van der Waals surface area contributed by atoms with Gasteiger partial charge in [-0.2, -0.15) is 0 Å². The summed E-state index contributed by atoms with van der Waals surface area (Å²) in [6.45, 7) is 0. The smallest absolute Gasteiger partial charge is 0.228 e. The lowest BCUT2D eigenvalue weighted by Crippen LogP contribution is -2.25. The number of amides is 1. The third-order valence-electron chi connectivity index (χ3n) is 4.66. The van der Waals surface area contributed by atoms with Crippen molar-refractivity contribution in [3.05, 3.63) is 42.6 Å². The van der Waals surface area contributed by atoms with Crippen molar-refractivity contribution in [2.45, 2.75) is 32.1 Å². The molecule has 1 aliphatic carbocycles. The lowest BCUT2D eigenvalue weighted by molar-refractivity contribution is -0.120. The molecule has 0 spiro atoms. The standard InChI is InChI=1S/C20H26N4O/c1-24(2)18-11-8-16(9-12-18)22-17-10-13-19(21-14-17)23-20(25)15-6-4-3-5-7-15/h8-15,22H,3-7H2,1-2H3,(H,21,23,25). The minimum Gasteiger partial charge on any atom is -0.378 e. The fourth-order valence-corrected chi connectivity index (χ4v) is 3.14. The summed E-state index contributed by atoms with van der Waals surface area (Å²) in [6, 6.07) is 12.0. The van der Waals surface area contributed by atoms with E-state index in [1.807, 2.05) is 38.4 Å². The van der Waals surface area contributed by atoms with Crippen molar-refractivity contribution in [3.63, 3.8) is 0 Å². The highest BCUT2D eigenvalue weighted by atomic mass is 16.1. The summed E-state index contributed by atoms with van der Waals surface area (Å²) in [5, 5.41) is 6.26. The van der Waals surface area contributed by atoms with E-state index >= 15 is 0 Å². The number of pyridine rings is 1. The monoisotopic (exact) mass is 338 g/mol. The van der Waals surface area contributed by atoms with Gasteiger partial charge >= 0.3 is 0 Å². The van der Waals surface area contributed by atoms with Gasteiger partial charge in [-0.1, -0.05) is 19.3 Å². The Morgan fingerprint density at radius 3 is 2.28 bits per heavy atom. The SMILES string of the molecule is CN(C)c1ccc(Nc2ccc(NC(=O)C3CCCCC3)nc2)cc1. The molecule has 0 saturated heterocycles. The van der Waals surface area contributed by atoms with Crippen LogP contribution in [0.4, 0.5) is 22.9 Å². The molecule has 1 amide bonds. The van der Waals surface area contributed by atoms with Gasteiger partial charge in [-0.25, -0.2) is 4.98 Å². The fourth-order valence-electron chi connectivity index (χ4n) is 3.14. The quantitative estimate of drug-likeness (QED) is 0.848. The van der Waals surface area contributed by atoms with Gasteiger partial charge in [0.25, 0.3) is 0 Å². The molecule has 5 heteroatoms. The van der Waals surface area contributed by atoms with Crippen LogP contribution in [0.15, 0.2) is 42.6 Å². The van der Waals surface area contributed by atoms with Gasteiger partial charge in [0, 0.05) is 31.4 Å². The predicted molar refractivity (Wildman–Crippen MR) is 103 cm³/mol. The van der Waals surface area contributed by atoms with E-state index in [1.165, 1.54) is 6.42 Å². The van der Waals surface area contributed by atoms with Crippen molar-refractivity contribution in [2.75, 3.05) is 29.6 Å². The molecular weight excluding hydrogens is 312 g/mol. The zero-order chi connectivity index (χ0) is 17.6. The summed E-state index contributed by atoms with van der Waals surface area (Å²) >= 11 is 0. The summed E-state index contributed by atoms with van der Waals surface area (Å²) in [7, 11) is 4.04. The zero-order valence-corrected chi connectivity index (χ0v) is 15.0. The molecule has 1 aliphatic rings. The molecule has 0 atom stereocenters. The van der Waals surface area contributed by atoms with Gasteiger partial charge in [0.05, 0.1) is 11.9 Å². The first-order valence-corrected chi connectivity index (χ1v) is 8.93. The van der Waals surface area contributed by atoms with Crippen LogP contribution in [0, 0.1) is 5.92 Å². The van der Waals surface area contributed by atoms with Gasteiger partial charge in [-0.3, -0.25) is 4.79 Å². The van der Waals surface area contributed by atoms with Gasteiger partial charge in [-0.15, -0.1) is 0 Å². The summed E-state index contributed by atoms with van der Waals surface area (Å²) < 4.78 is 0. The average Bonchev–Trinajstić information content (AvgIpc) is 2.64. The van der Waals surface area contributed by atoms with Crippen molar-refractivity contribution in [3.8, 4) is 0 Å². The highest BCUT2D eigenvalue weighted by Crippen LogP contribution is 2.25. The third kappa shape index (κ3) is 4.72. The Labute approximate surface area is 149 Å². The number of hydrogen-bond acceptors (Lipinski definition) is 4. The first kappa shape index (κ1) is 17.3. The number of nitrogens with zero attached hydrogens (tertiary/aromatic N) is 2. The number of aromatic nitrogens is 1.